The van der Waals surface area contributed by atoms with E-state index < -0.39 is 17.7 Å². The summed E-state index contributed by atoms with van der Waals surface area (Å²) in [5.74, 6) is -0.938. The molecule has 0 saturated carbocycles. The highest BCUT2D eigenvalue weighted by atomic mass is 16.3. The Kier molecular flexibility index (Phi) is 6.10. The van der Waals surface area contributed by atoms with Crippen molar-refractivity contribution in [1.29, 1.82) is 0 Å². The van der Waals surface area contributed by atoms with Crippen LogP contribution in [0.15, 0.2) is 101 Å². The molecular weight excluding hydrogens is 464 g/mol. The number of Topliss-reactive ketones (excluding diaryl/α,β-unsaturated/α-hetero) is 1. The van der Waals surface area contributed by atoms with Crippen LogP contribution in [0.2, 0.25) is 0 Å². The first-order valence-corrected chi connectivity index (χ1v) is 12.7. The lowest BCUT2D eigenvalue weighted by atomic mass is 9.96. The maximum Gasteiger partial charge on any atom is 0.296 e. The van der Waals surface area contributed by atoms with E-state index in [4.69, 9.17) is 4.42 Å². The van der Waals surface area contributed by atoms with Gasteiger partial charge in [0, 0.05) is 31.2 Å². The molecule has 4 aromatic rings. The molecule has 2 fully saturated rings. The highest BCUT2D eigenvalue weighted by molar-refractivity contribution is 6.46. The second-order valence-corrected chi connectivity index (χ2v) is 9.78. The van der Waals surface area contributed by atoms with Gasteiger partial charge in [-0.3, -0.25) is 14.5 Å². The van der Waals surface area contributed by atoms with Gasteiger partial charge in [0.2, 0.25) is 0 Å². The number of amides is 1. The number of likely N-dealkylation sites (tertiary alicyclic amines) is 2. The number of aliphatic hydroxyl groups is 1. The number of hydrogen-bond donors (Lipinski definition) is 1. The van der Waals surface area contributed by atoms with E-state index in [0.717, 1.165) is 43.2 Å². The van der Waals surface area contributed by atoms with E-state index in [0.29, 0.717) is 11.3 Å². The predicted octanol–water partition coefficient (Wildman–Crippen LogP) is 5.52. The van der Waals surface area contributed by atoms with Gasteiger partial charge in [0.05, 0.1) is 11.8 Å². The summed E-state index contributed by atoms with van der Waals surface area (Å²) in [5.41, 5.74) is 1.85. The Morgan fingerprint density at radius 3 is 2.32 bits per heavy atom. The monoisotopic (exact) mass is 492 g/mol. The van der Waals surface area contributed by atoms with E-state index in [1.165, 1.54) is 11.8 Å². The summed E-state index contributed by atoms with van der Waals surface area (Å²) in [7, 11) is 0. The molecule has 37 heavy (non-hydrogen) atoms. The Bertz CT molecular complexity index is 1470. The van der Waals surface area contributed by atoms with E-state index in [-0.39, 0.29) is 17.4 Å². The van der Waals surface area contributed by atoms with Crippen molar-refractivity contribution in [2.24, 2.45) is 0 Å². The van der Waals surface area contributed by atoms with Crippen molar-refractivity contribution in [3.05, 3.63) is 114 Å². The number of fused-ring (bicyclic) bond motifs is 1. The van der Waals surface area contributed by atoms with Gasteiger partial charge in [-0.15, -0.1) is 0 Å². The summed E-state index contributed by atoms with van der Waals surface area (Å²) in [6, 6.07) is 26.3. The Morgan fingerprint density at radius 1 is 0.865 bits per heavy atom. The molecule has 1 N–H and O–H groups in total. The van der Waals surface area contributed by atoms with Gasteiger partial charge >= 0.3 is 0 Å². The molecule has 3 heterocycles. The highest BCUT2D eigenvalue weighted by Gasteiger charge is 2.50. The fraction of sp³-hybridized carbons (Fsp3) is 0.226. The van der Waals surface area contributed by atoms with Gasteiger partial charge in [-0.05, 0) is 47.4 Å². The topological polar surface area (TPSA) is 74.0 Å². The molecule has 0 spiro atoms. The maximum absolute atomic E-state index is 13.4. The fourth-order valence-corrected chi connectivity index (χ4v) is 5.64. The van der Waals surface area contributed by atoms with Crippen molar-refractivity contribution in [2.75, 3.05) is 13.1 Å². The van der Waals surface area contributed by atoms with E-state index in [1.54, 1.807) is 23.1 Å². The van der Waals surface area contributed by atoms with Gasteiger partial charge in [-0.1, -0.05) is 66.7 Å². The van der Waals surface area contributed by atoms with Crippen molar-refractivity contribution in [3.8, 4) is 0 Å². The van der Waals surface area contributed by atoms with Gasteiger partial charge in [0.15, 0.2) is 0 Å². The molecule has 2 saturated heterocycles. The third-order valence-electron chi connectivity index (χ3n) is 7.52. The molecule has 1 amide bonds. The van der Waals surface area contributed by atoms with Crippen molar-refractivity contribution < 1.29 is 19.1 Å². The Morgan fingerprint density at radius 2 is 1.59 bits per heavy atom. The standard InChI is InChI=1S/C31H28N2O4/c34-29(24-13-12-22-9-4-5-10-23(22)19-24)27-28(26-11-6-18-37-26)33(31(36)30(27)35)25-14-16-32(17-15-25)20-21-7-2-1-3-8-21/h1-13,18-19,25,28,34H,14-17,20H2/b29-27-. The molecule has 186 valence electrons. The molecule has 1 atom stereocenters. The Labute approximate surface area is 215 Å². The summed E-state index contributed by atoms with van der Waals surface area (Å²) in [6.45, 7) is 2.49. The number of aliphatic hydroxyl groups excluding tert-OH is 1. The second-order valence-electron chi connectivity index (χ2n) is 9.78. The summed E-state index contributed by atoms with van der Waals surface area (Å²) >= 11 is 0. The molecule has 0 aliphatic carbocycles. The first-order chi connectivity index (χ1) is 18.1. The number of rotatable bonds is 5. The van der Waals surface area contributed by atoms with E-state index >= 15 is 0 Å². The molecule has 1 unspecified atom stereocenters. The third kappa shape index (κ3) is 4.34. The number of hydrogen-bond acceptors (Lipinski definition) is 5. The number of carbonyl (C=O) groups excluding carboxylic acids is 2. The minimum atomic E-state index is -0.757. The molecule has 0 bridgehead atoms. The fourth-order valence-electron chi connectivity index (χ4n) is 5.64. The van der Waals surface area contributed by atoms with Crippen LogP contribution in [-0.4, -0.2) is 45.7 Å². The van der Waals surface area contributed by atoms with Crippen molar-refractivity contribution in [2.45, 2.75) is 31.5 Å². The number of nitrogens with zero attached hydrogens (tertiary/aromatic N) is 2. The molecule has 2 aliphatic rings. The lowest BCUT2D eigenvalue weighted by Crippen LogP contribution is -2.46. The third-order valence-corrected chi connectivity index (χ3v) is 7.52. The van der Waals surface area contributed by atoms with Gasteiger partial charge in [-0.2, -0.15) is 0 Å². The number of ketones is 1. The number of carbonyl (C=O) groups is 2. The van der Waals surface area contributed by atoms with Crippen LogP contribution in [0.1, 0.15) is 35.8 Å². The predicted molar refractivity (Wildman–Crippen MR) is 142 cm³/mol. The highest BCUT2D eigenvalue weighted by Crippen LogP contribution is 2.42. The Balaban J connectivity index is 1.32. The SMILES string of the molecule is O=C1C(=O)N(C2CCN(Cc3ccccc3)CC2)C(c2ccco2)/C1=C(/O)c1ccc2ccccc2c1. The average molecular weight is 493 g/mol. The zero-order valence-corrected chi connectivity index (χ0v) is 20.4. The van der Waals surface area contributed by atoms with E-state index in [1.807, 2.05) is 54.6 Å². The summed E-state index contributed by atoms with van der Waals surface area (Å²) < 4.78 is 5.72. The van der Waals surface area contributed by atoms with Crippen LogP contribution < -0.4 is 0 Å². The number of piperidine rings is 1. The van der Waals surface area contributed by atoms with E-state index in [9.17, 15) is 14.7 Å². The summed E-state index contributed by atoms with van der Waals surface area (Å²) in [5, 5.41) is 13.4. The normalized spacial score (nSPS) is 20.6. The molecule has 2 aliphatic heterocycles. The van der Waals surface area contributed by atoms with Gasteiger partial charge < -0.3 is 14.4 Å². The van der Waals surface area contributed by atoms with Crippen LogP contribution >= 0.6 is 0 Å². The van der Waals surface area contributed by atoms with Crippen LogP contribution in [0.5, 0.6) is 0 Å². The molecule has 1 aromatic heterocycles. The number of benzene rings is 3. The minimum absolute atomic E-state index is 0.0851. The van der Waals surface area contributed by atoms with Crippen LogP contribution in [0.4, 0.5) is 0 Å². The molecule has 3 aromatic carbocycles. The lowest BCUT2D eigenvalue weighted by Gasteiger charge is -2.38. The second kappa shape index (κ2) is 9.71. The summed E-state index contributed by atoms with van der Waals surface area (Å²) in [4.78, 5) is 30.8. The zero-order valence-electron chi connectivity index (χ0n) is 20.4. The van der Waals surface area contributed by atoms with Crippen molar-refractivity contribution >= 4 is 28.2 Å². The Hall–Kier alpha value is -4.16. The zero-order chi connectivity index (χ0) is 25.4. The number of furan rings is 1. The largest absolute Gasteiger partial charge is 0.507 e. The average Bonchev–Trinajstić information content (AvgIpc) is 3.56. The minimum Gasteiger partial charge on any atom is -0.507 e. The van der Waals surface area contributed by atoms with Crippen molar-refractivity contribution in [1.82, 2.24) is 9.80 Å². The van der Waals surface area contributed by atoms with E-state index in [2.05, 4.69) is 17.0 Å². The molecule has 6 nitrogen and oxygen atoms in total. The van der Waals surface area contributed by atoms with Crippen LogP contribution in [-0.2, 0) is 16.1 Å². The van der Waals surface area contributed by atoms with Gasteiger partial charge in [0.25, 0.3) is 11.7 Å². The first kappa shape index (κ1) is 23.3. The van der Waals surface area contributed by atoms with Gasteiger partial charge in [0.1, 0.15) is 17.6 Å². The molecule has 6 rings (SSSR count). The van der Waals surface area contributed by atoms with Crippen LogP contribution in [0, 0.1) is 0 Å². The van der Waals surface area contributed by atoms with Crippen molar-refractivity contribution in [3.63, 3.8) is 0 Å². The first-order valence-electron chi connectivity index (χ1n) is 12.7. The lowest BCUT2D eigenvalue weighted by molar-refractivity contribution is -0.142. The maximum atomic E-state index is 13.4. The molecule has 6 heteroatoms. The molecule has 0 radical (unpaired) electrons. The quantitative estimate of drug-likeness (QED) is 0.226. The van der Waals surface area contributed by atoms with Crippen LogP contribution in [0.25, 0.3) is 16.5 Å². The van der Waals surface area contributed by atoms with Gasteiger partial charge in [-0.25, -0.2) is 0 Å². The smallest absolute Gasteiger partial charge is 0.296 e. The van der Waals surface area contributed by atoms with Crippen LogP contribution in [0.3, 0.4) is 0 Å². The summed E-state index contributed by atoms with van der Waals surface area (Å²) in [6.07, 6.45) is 3.02. The molecular formula is C31H28N2O4.